The van der Waals surface area contributed by atoms with Crippen LogP contribution in [0.15, 0.2) is 24.3 Å². The van der Waals surface area contributed by atoms with Crippen molar-refractivity contribution in [2.24, 2.45) is 0 Å². The molecule has 0 aromatic heterocycles. The minimum atomic E-state index is -0.841. The normalized spacial score (nSPS) is 12.4. The van der Waals surface area contributed by atoms with Crippen molar-refractivity contribution >= 4 is 17.7 Å². The molecule has 0 bridgehead atoms. The number of carbonyl (C=O) groups is 1. The second-order valence-electron chi connectivity index (χ2n) is 2.92. The van der Waals surface area contributed by atoms with Gasteiger partial charge in [-0.25, -0.2) is 4.39 Å². The molecule has 0 radical (unpaired) electrons. The van der Waals surface area contributed by atoms with Crippen molar-refractivity contribution in [2.45, 2.75) is 17.9 Å². The van der Waals surface area contributed by atoms with Gasteiger partial charge in [0.1, 0.15) is 5.82 Å². The van der Waals surface area contributed by atoms with Crippen LogP contribution in [-0.4, -0.2) is 16.3 Å². The SMILES string of the molecule is CC(SCc1cccc(F)c1)C(=O)O. The quantitative estimate of drug-likeness (QED) is 0.836. The molecule has 14 heavy (non-hydrogen) atoms. The molecule has 0 amide bonds. The first-order chi connectivity index (χ1) is 6.59. The van der Waals surface area contributed by atoms with Crippen molar-refractivity contribution in [3.63, 3.8) is 0 Å². The molecule has 2 nitrogen and oxygen atoms in total. The van der Waals surface area contributed by atoms with E-state index in [2.05, 4.69) is 0 Å². The number of benzene rings is 1. The minimum absolute atomic E-state index is 0.286. The molecule has 1 atom stereocenters. The van der Waals surface area contributed by atoms with Gasteiger partial charge in [-0.1, -0.05) is 12.1 Å². The third-order valence-corrected chi connectivity index (χ3v) is 2.94. The van der Waals surface area contributed by atoms with E-state index in [-0.39, 0.29) is 5.82 Å². The van der Waals surface area contributed by atoms with Gasteiger partial charge in [0.05, 0.1) is 5.25 Å². The summed E-state index contributed by atoms with van der Waals surface area (Å²) in [5, 5.41) is 8.16. The van der Waals surface area contributed by atoms with E-state index < -0.39 is 11.2 Å². The predicted molar refractivity (Wildman–Crippen MR) is 54.8 cm³/mol. The van der Waals surface area contributed by atoms with Crippen LogP contribution in [0.25, 0.3) is 0 Å². The molecular weight excluding hydrogens is 203 g/mol. The second-order valence-corrected chi connectivity index (χ2v) is 4.25. The van der Waals surface area contributed by atoms with Gasteiger partial charge in [0.25, 0.3) is 0 Å². The van der Waals surface area contributed by atoms with Crippen molar-refractivity contribution in [3.8, 4) is 0 Å². The topological polar surface area (TPSA) is 37.3 Å². The zero-order chi connectivity index (χ0) is 10.6. The third kappa shape index (κ3) is 3.38. The van der Waals surface area contributed by atoms with E-state index in [1.807, 2.05) is 0 Å². The van der Waals surface area contributed by atoms with Gasteiger partial charge in [-0.05, 0) is 24.6 Å². The minimum Gasteiger partial charge on any atom is -0.480 e. The third-order valence-electron chi connectivity index (χ3n) is 1.74. The van der Waals surface area contributed by atoms with Gasteiger partial charge >= 0.3 is 5.97 Å². The number of rotatable bonds is 4. The van der Waals surface area contributed by atoms with E-state index in [1.54, 1.807) is 19.1 Å². The van der Waals surface area contributed by atoms with Crippen molar-refractivity contribution in [3.05, 3.63) is 35.6 Å². The molecule has 1 unspecified atom stereocenters. The molecule has 0 spiro atoms. The zero-order valence-electron chi connectivity index (χ0n) is 7.74. The Labute approximate surface area is 86.1 Å². The molecule has 0 saturated carbocycles. The van der Waals surface area contributed by atoms with Crippen LogP contribution in [0.3, 0.4) is 0 Å². The van der Waals surface area contributed by atoms with Crippen molar-refractivity contribution in [1.29, 1.82) is 0 Å². The van der Waals surface area contributed by atoms with E-state index in [9.17, 15) is 9.18 Å². The number of aliphatic carboxylic acids is 1. The lowest BCUT2D eigenvalue weighted by Crippen LogP contribution is -2.11. The fourth-order valence-electron chi connectivity index (χ4n) is 0.919. The first-order valence-corrected chi connectivity index (χ1v) is 5.23. The van der Waals surface area contributed by atoms with Crippen LogP contribution in [0.5, 0.6) is 0 Å². The van der Waals surface area contributed by atoms with Crippen LogP contribution in [0.4, 0.5) is 4.39 Å². The number of carboxylic acids is 1. The summed E-state index contributed by atoms with van der Waals surface area (Å²) in [6, 6.07) is 6.19. The molecule has 1 rings (SSSR count). The van der Waals surface area contributed by atoms with E-state index >= 15 is 0 Å². The fraction of sp³-hybridized carbons (Fsp3) is 0.300. The maximum Gasteiger partial charge on any atom is 0.316 e. The molecule has 0 aliphatic rings. The molecule has 0 aliphatic heterocycles. The highest BCUT2D eigenvalue weighted by Gasteiger charge is 2.10. The van der Waals surface area contributed by atoms with E-state index in [0.29, 0.717) is 5.75 Å². The van der Waals surface area contributed by atoms with Crippen LogP contribution in [0.2, 0.25) is 0 Å². The van der Waals surface area contributed by atoms with E-state index in [1.165, 1.54) is 23.9 Å². The Kier molecular flexibility index (Phi) is 3.95. The van der Waals surface area contributed by atoms with Crippen molar-refractivity contribution < 1.29 is 14.3 Å². The number of thioether (sulfide) groups is 1. The summed E-state index contributed by atoms with van der Waals surface area (Å²) in [5.74, 6) is -0.608. The Morgan fingerprint density at radius 1 is 1.64 bits per heavy atom. The number of hydrogen-bond acceptors (Lipinski definition) is 2. The van der Waals surface area contributed by atoms with Gasteiger partial charge in [-0.2, -0.15) is 0 Å². The van der Waals surface area contributed by atoms with Gasteiger partial charge in [0.15, 0.2) is 0 Å². The van der Waals surface area contributed by atoms with E-state index in [4.69, 9.17) is 5.11 Å². The number of carboxylic acid groups (broad SMARTS) is 1. The summed E-state index contributed by atoms with van der Waals surface area (Å²) in [6.07, 6.45) is 0. The highest BCUT2D eigenvalue weighted by Crippen LogP contribution is 2.18. The largest absolute Gasteiger partial charge is 0.480 e. The molecular formula is C10H11FO2S. The summed E-state index contributed by atoms with van der Waals surface area (Å²) >= 11 is 1.28. The maximum absolute atomic E-state index is 12.7. The van der Waals surface area contributed by atoms with Crippen molar-refractivity contribution in [1.82, 2.24) is 0 Å². The van der Waals surface area contributed by atoms with Crippen LogP contribution >= 0.6 is 11.8 Å². The van der Waals surface area contributed by atoms with E-state index in [0.717, 1.165) is 5.56 Å². The summed E-state index contributed by atoms with van der Waals surface area (Å²) in [4.78, 5) is 10.5. The van der Waals surface area contributed by atoms with Crippen LogP contribution in [0.1, 0.15) is 12.5 Å². The highest BCUT2D eigenvalue weighted by molar-refractivity contribution is 7.99. The van der Waals surface area contributed by atoms with Crippen LogP contribution < -0.4 is 0 Å². The van der Waals surface area contributed by atoms with Gasteiger partial charge < -0.3 is 5.11 Å². The standard InChI is InChI=1S/C10H11FO2S/c1-7(10(12)13)14-6-8-3-2-4-9(11)5-8/h2-5,7H,6H2,1H3,(H,12,13). The van der Waals surface area contributed by atoms with Crippen LogP contribution in [-0.2, 0) is 10.5 Å². The van der Waals surface area contributed by atoms with Gasteiger partial charge in [0, 0.05) is 5.75 Å². The van der Waals surface area contributed by atoms with Crippen LogP contribution in [0, 0.1) is 5.82 Å². The van der Waals surface area contributed by atoms with Crippen molar-refractivity contribution in [2.75, 3.05) is 0 Å². The maximum atomic E-state index is 12.7. The second kappa shape index (κ2) is 5.00. The lowest BCUT2D eigenvalue weighted by atomic mass is 10.2. The molecule has 1 aromatic carbocycles. The average molecular weight is 214 g/mol. The molecule has 1 aromatic rings. The number of halogens is 1. The van der Waals surface area contributed by atoms with Gasteiger partial charge in [0.2, 0.25) is 0 Å². The fourth-order valence-corrected chi connectivity index (χ4v) is 1.68. The summed E-state index contributed by atoms with van der Waals surface area (Å²) in [6.45, 7) is 1.62. The molecule has 1 N–H and O–H groups in total. The molecule has 0 saturated heterocycles. The summed E-state index contributed by atoms with van der Waals surface area (Å²) in [5.41, 5.74) is 0.808. The number of hydrogen-bond donors (Lipinski definition) is 1. The Balaban J connectivity index is 2.49. The van der Waals surface area contributed by atoms with Gasteiger partial charge in [-0.3, -0.25) is 4.79 Å². The molecule has 0 fully saturated rings. The Morgan fingerprint density at radius 3 is 2.93 bits per heavy atom. The Bertz CT molecular complexity index is 328. The average Bonchev–Trinajstić information content (AvgIpc) is 2.14. The van der Waals surface area contributed by atoms with Gasteiger partial charge in [-0.15, -0.1) is 11.8 Å². The lowest BCUT2D eigenvalue weighted by molar-refractivity contribution is -0.136. The Morgan fingerprint density at radius 2 is 2.36 bits per heavy atom. The summed E-state index contributed by atoms with van der Waals surface area (Å²) in [7, 11) is 0. The smallest absolute Gasteiger partial charge is 0.316 e. The predicted octanol–water partition coefficient (Wildman–Crippen LogP) is 2.53. The summed E-state index contributed by atoms with van der Waals surface area (Å²) < 4.78 is 12.7. The first kappa shape index (κ1) is 11.0. The zero-order valence-corrected chi connectivity index (χ0v) is 8.55. The highest BCUT2D eigenvalue weighted by atomic mass is 32.2. The molecule has 0 aliphatic carbocycles. The first-order valence-electron chi connectivity index (χ1n) is 4.18. The molecule has 0 heterocycles. The Hall–Kier alpha value is -1.03. The monoisotopic (exact) mass is 214 g/mol. The lowest BCUT2D eigenvalue weighted by Gasteiger charge is -2.05. The molecule has 76 valence electrons. The molecule has 4 heteroatoms.